The fraction of sp³-hybridized carbons (Fsp3) is 0.500. The summed E-state index contributed by atoms with van der Waals surface area (Å²) in [5, 5.41) is 7.01. The Morgan fingerprint density at radius 3 is 2.45 bits per heavy atom. The van der Waals surface area contributed by atoms with Gasteiger partial charge in [0.05, 0.1) is 5.69 Å². The molecule has 0 bridgehead atoms. The van der Waals surface area contributed by atoms with Crippen LogP contribution in [0.5, 0.6) is 0 Å². The molecule has 116 valence electrons. The maximum absolute atomic E-state index is 6.69. The molecule has 4 nitrogen and oxygen atoms in total. The molecule has 0 spiro atoms. The molecular formula is C18H24N4. The lowest BCUT2D eigenvalue weighted by atomic mass is 9.76. The van der Waals surface area contributed by atoms with Crippen molar-refractivity contribution in [1.29, 1.82) is 0 Å². The summed E-state index contributed by atoms with van der Waals surface area (Å²) in [4.78, 5) is 0. The van der Waals surface area contributed by atoms with E-state index in [0.29, 0.717) is 17.9 Å². The Morgan fingerprint density at radius 2 is 1.82 bits per heavy atom. The van der Waals surface area contributed by atoms with Gasteiger partial charge in [0.2, 0.25) is 0 Å². The molecule has 0 aliphatic heterocycles. The van der Waals surface area contributed by atoms with Gasteiger partial charge in [0.15, 0.2) is 0 Å². The third-order valence-electron chi connectivity index (χ3n) is 5.64. The SMILES string of the molecule is NC1CCC(N)([C@@H]2C[C@H]2c2ccc(-c3ccn[nH]3)cc2)CC1. The average Bonchev–Trinajstić information content (AvgIpc) is 3.18. The van der Waals surface area contributed by atoms with Gasteiger partial charge in [0.1, 0.15) is 0 Å². The molecule has 1 aromatic carbocycles. The van der Waals surface area contributed by atoms with E-state index in [1.807, 2.05) is 6.07 Å². The molecule has 2 saturated carbocycles. The maximum atomic E-state index is 6.69. The standard InChI is InChI=1S/C18H24N4/c19-14-5-8-18(20,9-6-14)16-11-15(16)12-1-3-13(4-2-12)17-7-10-21-22-17/h1-4,7,10,14-16H,5-6,8-9,11,19-20H2,(H,21,22)/t14?,15-,16+,18?/m0/s1. The van der Waals surface area contributed by atoms with Crippen molar-refractivity contribution < 1.29 is 0 Å². The van der Waals surface area contributed by atoms with Crippen molar-refractivity contribution in [2.24, 2.45) is 17.4 Å². The van der Waals surface area contributed by atoms with Crippen molar-refractivity contribution in [3.8, 4) is 11.3 Å². The number of benzene rings is 1. The van der Waals surface area contributed by atoms with E-state index in [9.17, 15) is 0 Å². The molecule has 2 fully saturated rings. The van der Waals surface area contributed by atoms with Crippen molar-refractivity contribution in [2.75, 3.05) is 0 Å². The molecular weight excluding hydrogens is 272 g/mol. The summed E-state index contributed by atoms with van der Waals surface area (Å²) in [5.41, 5.74) is 16.4. The second kappa shape index (κ2) is 5.21. The van der Waals surface area contributed by atoms with Gasteiger partial charge in [0, 0.05) is 17.8 Å². The summed E-state index contributed by atoms with van der Waals surface area (Å²) in [7, 11) is 0. The van der Waals surface area contributed by atoms with E-state index < -0.39 is 0 Å². The van der Waals surface area contributed by atoms with Gasteiger partial charge in [-0.3, -0.25) is 5.10 Å². The number of rotatable bonds is 3. The molecule has 4 rings (SSSR count). The Labute approximate surface area is 131 Å². The molecule has 22 heavy (non-hydrogen) atoms. The van der Waals surface area contributed by atoms with Crippen molar-refractivity contribution in [2.45, 2.75) is 49.6 Å². The molecule has 1 aromatic heterocycles. The third kappa shape index (κ3) is 2.46. The Kier molecular flexibility index (Phi) is 3.31. The number of H-pyrrole nitrogens is 1. The van der Waals surface area contributed by atoms with Gasteiger partial charge in [0.25, 0.3) is 0 Å². The summed E-state index contributed by atoms with van der Waals surface area (Å²) in [6.45, 7) is 0. The zero-order valence-electron chi connectivity index (χ0n) is 12.8. The first kappa shape index (κ1) is 14.0. The van der Waals surface area contributed by atoms with Crippen LogP contribution in [0.3, 0.4) is 0 Å². The van der Waals surface area contributed by atoms with Gasteiger partial charge in [-0.1, -0.05) is 24.3 Å². The largest absolute Gasteiger partial charge is 0.328 e. The number of aromatic amines is 1. The maximum Gasteiger partial charge on any atom is 0.0650 e. The van der Waals surface area contributed by atoms with Crippen LogP contribution in [0.25, 0.3) is 11.3 Å². The summed E-state index contributed by atoms with van der Waals surface area (Å²) in [6.07, 6.45) is 7.35. The Balaban J connectivity index is 1.46. The topological polar surface area (TPSA) is 80.7 Å². The van der Waals surface area contributed by atoms with Crippen LogP contribution in [0, 0.1) is 5.92 Å². The highest BCUT2D eigenvalue weighted by Crippen LogP contribution is 2.56. The molecule has 0 radical (unpaired) electrons. The number of aromatic nitrogens is 2. The first-order chi connectivity index (χ1) is 10.7. The highest BCUT2D eigenvalue weighted by Gasteiger charge is 2.51. The van der Waals surface area contributed by atoms with Gasteiger partial charge < -0.3 is 11.5 Å². The van der Waals surface area contributed by atoms with Crippen LogP contribution in [0.15, 0.2) is 36.5 Å². The predicted octanol–water partition coefficient (Wildman–Crippen LogP) is 2.78. The van der Waals surface area contributed by atoms with Crippen LogP contribution in [0.1, 0.15) is 43.6 Å². The fourth-order valence-corrected chi connectivity index (χ4v) is 4.07. The second-order valence-electron chi connectivity index (χ2n) is 7.11. The number of nitrogens with one attached hydrogen (secondary N) is 1. The summed E-state index contributed by atoms with van der Waals surface area (Å²) >= 11 is 0. The predicted molar refractivity (Wildman–Crippen MR) is 88.2 cm³/mol. The lowest BCUT2D eigenvalue weighted by Gasteiger charge is -2.36. The number of nitrogens with zero attached hydrogens (tertiary/aromatic N) is 1. The highest BCUT2D eigenvalue weighted by molar-refractivity contribution is 5.59. The Hall–Kier alpha value is -1.65. The Morgan fingerprint density at radius 1 is 1.09 bits per heavy atom. The fourth-order valence-electron chi connectivity index (χ4n) is 4.07. The molecule has 5 N–H and O–H groups in total. The quantitative estimate of drug-likeness (QED) is 0.814. The third-order valence-corrected chi connectivity index (χ3v) is 5.64. The smallest absolute Gasteiger partial charge is 0.0650 e. The lowest BCUT2D eigenvalue weighted by Crippen LogP contribution is -2.48. The second-order valence-corrected chi connectivity index (χ2v) is 7.11. The van der Waals surface area contributed by atoms with E-state index >= 15 is 0 Å². The lowest BCUT2D eigenvalue weighted by molar-refractivity contribution is 0.239. The molecule has 1 heterocycles. The first-order valence-electron chi connectivity index (χ1n) is 8.30. The van der Waals surface area contributed by atoms with Crippen molar-refractivity contribution in [1.82, 2.24) is 10.2 Å². The minimum Gasteiger partial charge on any atom is -0.328 e. The van der Waals surface area contributed by atoms with Gasteiger partial charge >= 0.3 is 0 Å². The summed E-state index contributed by atoms with van der Waals surface area (Å²) in [6, 6.07) is 11.2. The van der Waals surface area contributed by atoms with Crippen LogP contribution in [-0.2, 0) is 0 Å². The monoisotopic (exact) mass is 296 g/mol. The van der Waals surface area contributed by atoms with E-state index in [1.54, 1.807) is 6.20 Å². The van der Waals surface area contributed by atoms with Gasteiger partial charge in [-0.15, -0.1) is 0 Å². The van der Waals surface area contributed by atoms with Gasteiger partial charge in [-0.25, -0.2) is 0 Å². The zero-order valence-corrected chi connectivity index (χ0v) is 12.8. The van der Waals surface area contributed by atoms with E-state index in [2.05, 4.69) is 34.5 Å². The number of hydrogen-bond acceptors (Lipinski definition) is 3. The summed E-state index contributed by atoms with van der Waals surface area (Å²) < 4.78 is 0. The minimum atomic E-state index is 0.0165. The minimum absolute atomic E-state index is 0.0165. The molecule has 2 atom stereocenters. The molecule has 0 amide bonds. The average molecular weight is 296 g/mol. The normalized spacial score (nSPS) is 34.5. The highest BCUT2D eigenvalue weighted by atomic mass is 15.1. The molecule has 4 heteroatoms. The van der Waals surface area contributed by atoms with Crippen molar-refractivity contribution in [3.05, 3.63) is 42.1 Å². The van der Waals surface area contributed by atoms with Crippen LogP contribution < -0.4 is 11.5 Å². The zero-order chi connectivity index (χ0) is 15.2. The van der Waals surface area contributed by atoms with E-state index in [-0.39, 0.29) is 5.54 Å². The number of hydrogen-bond donors (Lipinski definition) is 3. The van der Waals surface area contributed by atoms with Crippen molar-refractivity contribution in [3.63, 3.8) is 0 Å². The van der Waals surface area contributed by atoms with Gasteiger partial charge in [-0.2, -0.15) is 5.10 Å². The van der Waals surface area contributed by atoms with E-state index in [1.165, 1.54) is 17.5 Å². The molecule has 0 saturated heterocycles. The Bertz CT molecular complexity index is 624. The van der Waals surface area contributed by atoms with E-state index in [4.69, 9.17) is 11.5 Å². The van der Waals surface area contributed by atoms with Crippen LogP contribution in [0.4, 0.5) is 0 Å². The summed E-state index contributed by atoms with van der Waals surface area (Å²) in [5.74, 6) is 1.27. The van der Waals surface area contributed by atoms with Crippen LogP contribution in [-0.4, -0.2) is 21.8 Å². The molecule has 2 aliphatic rings. The van der Waals surface area contributed by atoms with Crippen molar-refractivity contribution >= 4 is 0 Å². The van der Waals surface area contributed by atoms with Crippen LogP contribution in [0.2, 0.25) is 0 Å². The number of nitrogens with two attached hydrogens (primary N) is 2. The van der Waals surface area contributed by atoms with Crippen LogP contribution >= 0.6 is 0 Å². The first-order valence-corrected chi connectivity index (χ1v) is 8.30. The molecule has 2 aromatic rings. The van der Waals surface area contributed by atoms with Gasteiger partial charge in [-0.05, 0) is 61.1 Å². The molecule has 2 aliphatic carbocycles. The van der Waals surface area contributed by atoms with E-state index in [0.717, 1.165) is 31.4 Å². The molecule has 0 unspecified atom stereocenters.